The van der Waals surface area contributed by atoms with Crippen LogP contribution in [0.4, 0.5) is 16.2 Å². The molecule has 0 radical (unpaired) electrons. The van der Waals surface area contributed by atoms with Crippen LogP contribution in [0.15, 0.2) is 42.5 Å². The summed E-state index contributed by atoms with van der Waals surface area (Å²) >= 11 is 12.5. The zero-order valence-electron chi connectivity index (χ0n) is 19.5. The van der Waals surface area contributed by atoms with E-state index >= 15 is 0 Å². The molecule has 2 aromatic carbocycles. The molecule has 0 saturated heterocycles. The number of ether oxygens (including phenoxy) is 2. The Morgan fingerprint density at radius 2 is 1.62 bits per heavy atom. The van der Waals surface area contributed by atoms with Crippen LogP contribution in [0.25, 0.3) is 0 Å². The number of benzene rings is 2. The Labute approximate surface area is 209 Å². The smallest absolute Gasteiger partial charge is 0.408 e. The fourth-order valence-electron chi connectivity index (χ4n) is 2.80. The van der Waals surface area contributed by atoms with Gasteiger partial charge in [0.2, 0.25) is 5.91 Å². The first-order valence-electron chi connectivity index (χ1n) is 10.7. The first-order valence-corrected chi connectivity index (χ1v) is 11.4. The van der Waals surface area contributed by atoms with Gasteiger partial charge in [0.25, 0.3) is 0 Å². The van der Waals surface area contributed by atoms with Crippen LogP contribution >= 0.6 is 23.2 Å². The number of carbonyl (C=O) groups excluding carboxylic acids is 3. The molecular formula is C24H29Cl2N3O5. The second-order valence-electron chi connectivity index (χ2n) is 8.52. The topological polar surface area (TPSA) is 106 Å². The molecule has 0 aliphatic heterocycles. The zero-order chi connectivity index (χ0) is 25.3. The number of esters is 1. The SMILES string of the molecule is CC(CNC(=O)CNC(=O)OC(C)(C)C)OC(=O)Cc1ccccc1Nc1c(Cl)cccc1Cl. The third-order valence-corrected chi connectivity index (χ3v) is 4.92. The van der Waals surface area contributed by atoms with Gasteiger partial charge in [-0.3, -0.25) is 9.59 Å². The highest BCUT2D eigenvalue weighted by Crippen LogP contribution is 2.33. The number of para-hydroxylation sites is 2. The van der Waals surface area contributed by atoms with Gasteiger partial charge in [0, 0.05) is 5.69 Å². The van der Waals surface area contributed by atoms with Crippen molar-refractivity contribution in [2.45, 2.75) is 45.8 Å². The second kappa shape index (κ2) is 12.5. The molecule has 1 unspecified atom stereocenters. The summed E-state index contributed by atoms with van der Waals surface area (Å²) in [7, 11) is 0. The number of alkyl carbamates (subject to hydrolysis) is 1. The predicted molar refractivity (Wildman–Crippen MR) is 133 cm³/mol. The fourth-order valence-corrected chi connectivity index (χ4v) is 3.29. The van der Waals surface area contributed by atoms with Crippen LogP contribution in [0.3, 0.4) is 0 Å². The van der Waals surface area contributed by atoms with E-state index in [2.05, 4.69) is 16.0 Å². The van der Waals surface area contributed by atoms with Crippen molar-refractivity contribution in [3.63, 3.8) is 0 Å². The maximum atomic E-state index is 12.5. The molecule has 0 heterocycles. The van der Waals surface area contributed by atoms with Crippen molar-refractivity contribution < 1.29 is 23.9 Å². The second-order valence-corrected chi connectivity index (χ2v) is 9.33. The molecule has 184 valence electrons. The van der Waals surface area contributed by atoms with Gasteiger partial charge in [0.05, 0.1) is 35.2 Å². The van der Waals surface area contributed by atoms with E-state index < -0.39 is 29.7 Å². The minimum Gasteiger partial charge on any atom is -0.461 e. The van der Waals surface area contributed by atoms with Crippen molar-refractivity contribution in [2.75, 3.05) is 18.4 Å². The molecule has 0 spiro atoms. The Balaban J connectivity index is 1.84. The lowest BCUT2D eigenvalue weighted by Crippen LogP contribution is -2.42. The van der Waals surface area contributed by atoms with Crippen molar-refractivity contribution in [3.05, 3.63) is 58.1 Å². The summed E-state index contributed by atoms with van der Waals surface area (Å²) in [5.74, 6) is -0.895. The highest BCUT2D eigenvalue weighted by Gasteiger charge is 2.18. The van der Waals surface area contributed by atoms with Crippen molar-refractivity contribution >= 4 is 52.5 Å². The normalized spacial score (nSPS) is 11.8. The van der Waals surface area contributed by atoms with E-state index in [1.165, 1.54) is 0 Å². The molecule has 0 aromatic heterocycles. The molecule has 0 aliphatic carbocycles. The van der Waals surface area contributed by atoms with E-state index in [1.807, 2.05) is 18.2 Å². The molecule has 8 nitrogen and oxygen atoms in total. The highest BCUT2D eigenvalue weighted by molar-refractivity contribution is 6.39. The van der Waals surface area contributed by atoms with E-state index in [1.54, 1.807) is 52.0 Å². The summed E-state index contributed by atoms with van der Waals surface area (Å²) in [5.41, 5.74) is 1.25. The molecule has 0 fully saturated rings. The average molecular weight is 510 g/mol. The van der Waals surface area contributed by atoms with Crippen LogP contribution in [0, 0.1) is 0 Å². The minimum absolute atomic E-state index is 0.00370. The first kappa shape index (κ1) is 27.3. The Kier molecular flexibility index (Phi) is 10.0. The van der Waals surface area contributed by atoms with Gasteiger partial charge in [0.15, 0.2) is 0 Å². The standard InChI is InChI=1S/C24H29Cl2N3O5/c1-15(13-27-20(30)14-28-23(32)34-24(2,3)4)33-21(31)12-16-8-5-6-11-19(16)29-22-17(25)9-7-10-18(22)26/h5-11,15,29H,12-14H2,1-4H3,(H,27,30)(H,28,32). The van der Waals surface area contributed by atoms with Crippen molar-refractivity contribution in [2.24, 2.45) is 0 Å². The molecule has 2 rings (SSSR count). The number of nitrogens with one attached hydrogen (secondary N) is 3. The van der Waals surface area contributed by atoms with Gasteiger partial charge < -0.3 is 25.4 Å². The Bertz CT molecular complexity index is 1000. The number of anilines is 2. The average Bonchev–Trinajstić information content (AvgIpc) is 2.73. The maximum Gasteiger partial charge on any atom is 0.408 e. The third kappa shape index (κ3) is 9.49. The van der Waals surface area contributed by atoms with Gasteiger partial charge in [-0.15, -0.1) is 0 Å². The molecule has 0 aliphatic rings. The predicted octanol–water partition coefficient (Wildman–Crippen LogP) is 4.85. The summed E-state index contributed by atoms with van der Waals surface area (Å²) < 4.78 is 10.5. The quantitative estimate of drug-likeness (QED) is 0.417. The fraction of sp³-hybridized carbons (Fsp3) is 0.375. The van der Waals surface area contributed by atoms with E-state index in [9.17, 15) is 14.4 Å². The largest absolute Gasteiger partial charge is 0.461 e. The number of hydrogen-bond donors (Lipinski definition) is 3. The van der Waals surface area contributed by atoms with Gasteiger partial charge in [-0.2, -0.15) is 0 Å². The van der Waals surface area contributed by atoms with Crippen molar-refractivity contribution in [1.29, 1.82) is 0 Å². The van der Waals surface area contributed by atoms with Crippen LogP contribution in [-0.2, 0) is 25.5 Å². The molecule has 0 saturated carbocycles. The molecule has 10 heteroatoms. The number of amides is 2. The van der Waals surface area contributed by atoms with Crippen LogP contribution < -0.4 is 16.0 Å². The van der Waals surface area contributed by atoms with Gasteiger partial charge in [-0.1, -0.05) is 47.5 Å². The van der Waals surface area contributed by atoms with E-state index in [-0.39, 0.29) is 19.5 Å². The van der Waals surface area contributed by atoms with Gasteiger partial charge in [0.1, 0.15) is 11.7 Å². The van der Waals surface area contributed by atoms with E-state index in [0.717, 1.165) is 0 Å². The van der Waals surface area contributed by atoms with Gasteiger partial charge >= 0.3 is 12.1 Å². The lowest BCUT2D eigenvalue weighted by Gasteiger charge is -2.19. The summed E-state index contributed by atoms with van der Waals surface area (Å²) in [6.45, 7) is 6.68. The lowest BCUT2D eigenvalue weighted by atomic mass is 10.1. The Hall–Kier alpha value is -2.97. The highest BCUT2D eigenvalue weighted by atomic mass is 35.5. The third-order valence-electron chi connectivity index (χ3n) is 4.29. The number of rotatable bonds is 9. The zero-order valence-corrected chi connectivity index (χ0v) is 21.0. The van der Waals surface area contributed by atoms with Crippen molar-refractivity contribution in [1.82, 2.24) is 10.6 Å². The Morgan fingerprint density at radius 3 is 2.26 bits per heavy atom. The van der Waals surface area contributed by atoms with Crippen LogP contribution in [0.2, 0.25) is 10.0 Å². The summed E-state index contributed by atoms with van der Waals surface area (Å²) in [6.07, 6.45) is -1.26. The summed E-state index contributed by atoms with van der Waals surface area (Å²) in [5, 5.41) is 9.04. The lowest BCUT2D eigenvalue weighted by molar-refractivity contribution is -0.147. The molecule has 2 amide bonds. The molecule has 3 N–H and O–H groups in total. The molecule has 2 aromatic rings. The van der Waals surface area contributed by atoms with Crippen LogP contribution in [0.5, 0.6) is 0 Å². The number of hydrogen-bond acceptors (Lipinski definition) is 6. The molecule has 34 heavy (non-hydrogen) atoms. The maximum absolute atomic E-state index is 12.5. The monoisotopic (exact) mass is 509 g/mol. The Morgan fingerprint density at radius 1 is 0.971 bits per heavy atom. The number of carbonyl (C=O) groups is 3. The van der Waals surface area contributed by atoms with Gasteiger partial charge in [-0.25, -0.2) is 4.79 Å². The number of halogens is 2. The first-order chi connectivity index (χ1) is 15.9. The summed E-state index contributed by atoms with van der Waals surface area (Å²) in [6, 6.07) is 12.4. The van der Waals surface area contributed by atoms with E-state index in [0.29, 0.717) is 27.0 Å². The summed E-state index contributed by atoms with van der Waals surface area (Å²) in [4.78, 5) is 36.0. The molecular weight excluding hydrogens is 481 g/mol. The van der Waals surface area contributed by atoms with Crippen molar-refractivity contribution in [3.8, 4) is 0 Å². The van der Waals surface area contributed by atoms with Crippen LogP contribution in [0.1, 0.15) is 33.3 Å². The molecule has 0 bridgehead atoms. The minimum atomic E-state index is -0.688. The molecule has 1 atom stereocenters. The van der Waals surface area contributed by atoms with E-state index in [4.69, 9.17) is 32.7 Å². The van der Waals surface area contributed by atoms with Gasteiger partial charge in [-0.05, 0) is 51.5 Å². The van der Waals surface area contributed by atoms with Crippen LogP contribution in [-0.4, -0.2) is 42.8 Å².